The molecule has 0 amide bonds. The molecule has 2 nitrogen and oxygen atoms in total. The third-order valence-electron chi connectivity index (χ3n) is 0.635. The predicted octanol–water partition coefficient (Wildman–Crippen LogP) is 2.77. The molecule has 60 valence electrons. The summed E-state index contributed by atoms with van der Waals surface area (Å²) in [5, 5.41) is 0. The van der Waals surface area contributed by atoms with Gasteiger partial charge in [-0.1, -0.05) is 27.7 Å². The number of rotatable bonds is 0. The van der Waals surface area contributed by atoms with E-state index in [2.05, 4.69) is 9.97 Å². The maximum atomic E-state index is 3.86. The lowest BCUT2D eigenvalue weighted by atomic mass is 10.8. The summed E-state index contributed by atoms with van der Waals surface area (Å²) in [6, 6.07) is 0. The fraction of sp³-hybridized carbons (Fsp3) is 0.625. The van der Waals surface area contributed by atoms with Gasteiger partial charge in [0.25, 0.3) is 0 Å². The largest absolute Gasteiger partial charge is 0.349 e. The van der Waals surface area contributed by atoms with Crippen LogP contribution in [0.1, 0.15) is 33.5 Å². The third-order valence-corrected chi connectivity index (χ3v) is 0.635. The molecule has 1 N–H and O–H groups in total. The molecule has 1 aromatic rings. The van der Waals surface area contributed by atoms with Crippen LogP contribution in [0.25, 0.3) is 0 Å². The van der Waals surface area contributed by atoms with Crippen molar-refractivity contribution in [2.75, 3.05) is 0 Å². The van der Waals surface area contributed by atoms with Crippen molar-refractivity contribution in [3.63, 3.8) is 0 Å². The van der Waals surface area contributed by atoms with Crippen LogP contribution < -0.4 is 0 Å². The minimum absolute atomic E-state index is 0.968. The number of aryl methyl sites for hydroxylation is 1. The van der Waals surface area contributed by atoms with Crippen molar-refractivity contribution in [1.82, 2.24) is 9.97 Å². The Labute approximate surface area is 63.7 Å². The summed E-state index contributed by atoms with van der Waals surface area (Å²) in [6.07, 6.45) is 3.53. The van der Waals surface area contributed by atoms with Crippen molar-refractivity contribution in [1.29, 1.82) is 0 Å². The van der Waals surface area contributed by atoms with Crippen molar-refractivity contribution in [2.24, 2.45) is 0 Å². The van der Waals surface area contributed by atoms with Crippen LogP contribution in [-0.4, -0.2) is 9.97 Å². The molecule has 1 rings (SSSR count). The summed E-state index contributed by atoms with van der Waals surface area (Å²) in [5.74, 6) is 0.968. The summed E-state index contributed by atoms with van der Waals surface area (Å²) in [7, 11) is 0. The van der Waals surface area contributed by atoms with Gasteiger partial charge in [0.2, 0.25) is 0 Å². The summed E-state index contributed by atoms with van der Waals surface area (Å²) < 4.78 is 0. The quantitative estimate of drug-likeness (QED) is 0.593. The van der Waals surface area contributed by atoms with E-state index in [9.17, 15) is 0 Å². The molecule has 0 spiro atoms. The molecule has 0 atom stereocenters. The normalized spacial score (nSPS) is 6.50. The molecule has 0 radical (unpaired) electrons. The topological polar surface area (TPSA) is 28.7 Å². The van der Waals surface area contributed by atoms with Crippen LogP contribution in [0.5, 0.6) is 0 Å². The Kier molecular flexibility index (Phi) is 13.2. The Hall–Kier alpha value is -0.790. The van der Waals surface area contributed by atoms with Gasteiger partial charge in [0.15, 0.2) is 0 Å². The second-order valence-corrected chi connectivity index (χ2v) is 1.17. The lowest BCUT2D eigenvalue weighted by Crippen LogP contribution is -1.66. The smallest absolute Gasteiger partial charge is 0.102 e. The molecule has 0 unspecified atom stereocenters. The van der Waals surface area contributed by atoms with E-state index in [1.54, 1.807) is 12.4 Å². The number of hydrogen-bond acceptors (Lipinski definition) is 1. The van der Waals surface area contributed by atoms with Crippen molar-refractivity contribution in [3.8, 4) is 0 Å². The highest BCUT2D eigenvalue weighted by Gasteiger charge is 1.73. The number of hydrogen-bond donors (Lipinski definition) is 1. The minimum Gasteiger partial charge on any atom is -0.349 e. The summed E-state index contributed by atoms with van der Waals surface area (Å²) in [5.41, 5.74) is 0. The Morgan fingerprint density at radius 1 is 1.20 bits per heavy atom. The molecule has 0 bridgehead atoms. The van der Waals surface area contributed by atoms with E-state index in [1.165, 1.54) is 0 Å². The molecule has 0 fully saturated rings. The summed E-state index contributed by atoms with van der Waals surface area (Å²) in [4.78, 5) is 6.75. The first-order chi connectivity index (χ1) is 4.89. The van der Waals surface area contributed by atoms with Gasteiger partial charge in [-0.2, -0.15) is 0 Å². The fourth-order valence-corrected chi connectivity index (χ4v) is 0.344. The fourth-order valence-electron chi connectivity index (χ4n) is 0.344. The average molecular weight is 142 g/mol. The van der Waals surface area contributed by atoms with Crippen molar-refractivity contribution in [2.45, 2.75) is 34.6 Å². The molecule has 1 heterocycles. The highest BCUT2D eigenvalue weighted by atomic mass is 14.9. The molecule has 10 heavy (non-hydrogen) atoms. The molecule has 0 saturated heterocycles. The molecule has 0 aliphatic carbocycles. The van der Waals surface area contributed by atoms with E-state index < -0.39 is 0 Å². The highest BCUT2D eigenvalue weighted by Crippen LogP contribution is 1.78. The molecular formula is C8H18N2. The van der Waals surface area contributed by atoms with Gasteiger partial charge in [0, 0.05) is 12.4 Å². The number of imidazole rings is 1. The summed E-state index contributed by atoms with van der Waals surface area (Å²) >= 11 is 0. The van der Waals surface area contributed by atoms with E-state index in [1.807, 2.05) is 34.6 Å². The number of H-pyrrole nitrogens is 1. The lowest BCUT2D eigenvalue weighted by molar-refractivity contribution is 1.15. The third kappa shape index (κ3) is 7.21. The molecule has 0 aliphatic heterocycles. The van der Waals surface area contributed by atoms with Gasteiger partial charge in [0.05, 0.1) is 0 Å². The van der Waals surface area contributed by atoms with Crippen LogP contribution in [0.2, 0.25) is 0 Å². The molecule has 2 heteroatoms. The second-order valence-electron chi connectivity index (χ2n) is 1.17. The standard InChI is InChI=1S/C4H6N2.2C2H6/c1-4-5-2-3-6-4;2*1-2/h2-3H,1H3,(H,5,6);2*1-2H3. The first-order valence-electron chi connectivity index (χ1n) is 3.85. The van der Waals surface area contributed by atoms with Gasteiger partial charge in [-0.15, -0.1) is 0 Å². The lowest BCUT2D eigenvalue weighted by Gasteiger charge is -1.68. The Morgan fingerprint density at radius 3 is 1.80 bits per heavy atom. The van der Waals surface area contributed by atoms with Gasteiger partial charge >= 0.3 is 0 Å². The molecule has 0 aliphatic rings. The van der Waals surface area contributed by atoms with Crippen LogP contribution in [0.4, 0.5) is 0 Å². The zero-order chi connectivity index (χ0) is 8.41. The van der Waals surface area contributed by atoms with Crippen LogP contribution in [0, 0.1) is 6.92 Å². The van der Waals surface area contributed by atoms with Crippen LogP contribution in [0.15, 0.2) is 12.4 Å². The van der Waals surface area contributed by atoms with Crippen molar-refractivity contribution in [3.05, 3.63) is 18.2 Å². The van der Waals surface area contributed by atoms with E-state index in [0.717, 1.165) is 5.82 Å². The second kappa shape index (κ2) is 11.1. The van der Waals surface area contributed by atoms with Gasteiger partial charge in [-0.05, 0) is 6.92 Å². The highest BCUT2D eigenvalue weighted by molar-refractivity contribution is 4.80. The molecule has 0 aromatic carbocycles. The Bertz CT molecular complexity index is 111. The number of aromatic amines is 1. The van der Waals surface area contributed by atoms with Crippen molar-refractivity contribution < 1.29 is 0 Å². The van der Waals surface area contributed by atoms with Crippen LogP contribution in [-0.2, 0) is 0 Å². The maximum Gasteiger partial charge on any atom is 0.102 e. The predicted molar refractivity (Wildman–Crippen MR) is 46.0 cm³/mol. The van der Waals surface area contributed by atoms with Crippen LogP contribution >= 0.6 is 0 Å². The van der Waals surface area contributed by atoms with Crippen LogP contribution in [0.3, 0.4) is 0 Å². The maximum absolute atomic E-state index is 3.86. The van der Waals surface area contributed by atoms with E-state index >= 15 is 0 Å². The number of nitrogens with one attached hydrogen (secondary N) is 1. The molecule has 1 aromatic heterocycles. The SMILES string of the molecule is CC.CC.Cc1ncc[nH]1. The van der Waals surface area contributed by atoms with Crippen molar-refractivity contribution >= 4 is 0 Å². The van der Waals surface area contributed by atoms with Gasteiger partial charge < -0.3 is 4.98 Å². The Morgan fingerprint density at radius 2 is 1.70 bits per heavy atom. The van der Waals surface area contributed by atoms with E-state index in [0.29, 0.717) is 0 Å². The molecular weight excluding hydrogens is 124 g/mol. The minimum atomic E-state index is 0.968. The van der Waals surface area contributed by atoms with Gasteiger partial charge in [-0.3, -0.25) is 0 Å². The Balaban J connectivity index is 0. The first kappa shape index (κ1) is 11.9. The summed E-state index contributed by atoms with van der Waals surface area (Å²) in [6.45, 7) is 9.92. The van der Waals surface area contributed by atoms with Gasteiger partial charge in [0.1, 0.15) is 5.82 Å². The number of aromatic nitrogens is 2. The van der Waals surface area contributed by atoms with Gasteiger partial charge in [-0.25, -0.2) is 4.98 Å². The molecule has 0 saturated carbocycles. The first-order valence-corrected chi connectivity index (χ1v) is 3.85. The van der Waals surface area contributed by atoms with E-state index in [4.69, 9.17) is 0 Å². The number of nitrogens with zero attached hydrogens (tertiary/aromatic N) is 1. The van der Waals surface area contributed by atoms with E-state index in [-0.39, 0.29) is 0 Å². The monoisotopic (exact) mass is 142 g/mol. The average Bonchev–Trinajstić information content (AvgIpc) is 2.48. The zero-order valence-corrected chi connectivity index (χ0v) is 7.60. The zero-order valence-electron chi connectivity index (χ0n) is 7.60.